The van der Waals surface area contributed by atoms with Gasteiger partial charge >= 0.3 is 0 Å². The second kappa shape index (κ2) is 9.11. The lowest BCUT2D eigenvalue weighted by Gasteiger charge is -2.10. The van der Waals surface area contributed by atoms with E-state index in [0.29, 0.717) is 22.7 Å². The fraction of sp³-hybridized carbons (Fsp3) is 0.136. The van der Waals surface area contributed by atoms with Gasteiger partial charge in [0.15, 0.2) is 11.1 Å². The normalized spacial score (nSPS) is 11.2. The first-order chi connectivity index (χ1) is 14.6. The largest absolute Gasteiger partial charge is 0.438 e. The van der Waals surface area contributed by atoms with E-state index in [9.17, 15) is 0 Å². The van der Waals surface area contributed by atoms with Gasteiger partial charge < -0.3 is 9.57 Å². The zero-order valence-corrected chi connectivity index (χ0v) is 18.0. The molecule has 30 heavy (non-hydrogen) atoms. The first kappa shape index (κ1) is 20.1. The average Bonchev–Trinajstić information content (AvgIpc) is 3.31. The van der Waals surface area contributed by atoms with Crippen LogP contribution in [0.25, 0.3) is 5.69 Å². The Hall–Kier alpha value is -3.16. The molecule has 4 rings (SSSR count). The summed E-state index contributed by atoms with van der Waals surface area (Å²) in [6.07, 6.45) is 3.29. The zero-order valence-electron chi connectivity index (χ0n) is 16.4. The van der Waals surface area contributed by atoms with Crippen molar-refractivity contribution in [3.05, 3.63) is 87.0 Å². The topological polar surface area (TPSA) is 61.5 Å². The summed E-state index contributed by atoms with van der Waals surface area (Å²) in [7, 11) is 0. The van der Waals surface area contributed by atoms with E-state index in [-0.39, 0.29) is 0 Å². The predicted octanol–water partition coefficient (Wildman–Crippen LogP) is 5.94. The van der Waals surface area contributed by atoms with E-state index in [0.717, 1.165) is 27.4 Å². The van der Waals surface area contributed by atoms with Crippen LogP contribution in [0.5, 0.6) is 11.6 Å². The van der Waals surface area contributed by atoms with Crippen molar-refractivity contribution < 1.29 is 9.57 Å². The number of aryl methyl sites for hydroxylation is 2. The number of oxime groups is 1. The molecule has 2 heterocycles. The van der Waals surface area contributed by atoms with Crippen LogP contribution in [0.15, 0.2) is 65.9 Å². The summed E-state index contributed by atoms with van der Waals surface area (Å²) in [4.78, 5) is 10.3. The van der Waals surface area contributed by atoms with E-state index in [4.69, 9.17) is 21.2 Å². The molecule has 2 aromatic carbocycles. The highest BCUT2D eigenvalue weighted by atomic mass is 35.5. The van der Waals surface area contributed by atoms with Gasteiger partial charge in [-0.05, 0) is 38.1 Å². The number of hydrogen-bond acceptors (Lipinski definition) is 6. The van der Waals surface area contributed by atoms with Crippen LogP contribution in [0, 0.1) is 13.8 Å². The molecule has 0 aliphatic rings. The van der Waals surface area contributed by atoms with Crippen LogP contribution in [0.2, 0.25) is 4.47 Å². The van der Waals surface area contributed by atoms with Crippen molar-refractivity contribution in [1.82, 2.24) is 14.8 Å². The summed E-state index contributed by atoms with van der Waals surface area (Å²) in [5, 5.41) is 8.76. The highest BCUT2D eigenvalue weighted by Crippen LogP contribution is 2.30. The first-order valence-corrected chi connectivity index (χ1v) is 10.4. The lowest BCUT2D eigenvalue weighted by atomic mass is 10.2. The van der Waals surface area contributed by atoms with Gasteiger partial charge in [0.05, 0.1) is 28.0 Å². The number of aromatic nitrogens is 3. The van der Waals surface area contributed by atoms with Crippen molar-refractivity contribution in [3.8, 4) is 17.3 Å². The van der Waals surface area contributed by atoms with Crippen LogP contribution >= 0.6 is 22.9 Å². The molecule has 4 aromatic rings. The molecule has 0 aliphatic carbocycles. The molecular weight excluding hydrogens is 420 g/mol. The molecule has 152 valence electrons. The van der Waals surface area contributed by atoms with E-state index < -0.39 is 0 Å². The minimum absolute atomic E-state index is 0.293. The molecule has 0 saturated carbocycles. The van der Waals surface area contributed by atoms with Gasteiger partial charge in [-0.2, -0.15) is 9.78 Å². The predicted molar refractivity (Wildman–Crippen MR) is 119 cm³/mol. The number of para-hydroxylation sites is 1. The Morgan fingerprint density at radius 3 is 2.57 bits per heavy atom. The number of ether oxygens (including phenoxy) is 1. The minimum atomic E-state index is 0.293. The zero-order chi connectivity index (χ0) is 20.9. The molecule has 8 heteroatoms. The molecule has 0 aliphatic heterocycles. The van der Waals surface area contributed by atoms with Crippen molar-refractivity contribution >= 4 is 29.2 Å². The molecule has 6 nitrogen and oxygen atoms in total. The van der Waals surface area contributed by atoms with E-state index in [1.165, 1.54) is 11.3 Å². The Morgan fingerprint density at radius 2 is 1.87 bits per heavy atom. The molecule has 0 atom stereocenters. The molecule has 0 N–H and O–H groups in total. The van der Waals surface area contributed by atoms with Crippen molar-refractivity contribution in [3.63, 3.8) is 0 Å². The number of halogens is 1. The number of thiazole rings is 1. The molecule has 2 aromatic heterocycles. The quantitative estimate of drug-likeness (QED) is 0.264. The fourth-order valence-corrected chi connectivity index (χ4v) is 3.65. The molecule has 0 fully saturated rings. The summed E-state index contributed by atoms with van der Waals surface area (Å²) in [6.45, 7) is 4.24. The standard InChI is InChI=1S/C22H19ClN4O2S/c1-15-8-10-18(11-9-15)29-21-20(13-25-28-14-19-12-24-22(23)30-19)16(2)26-27(21)17-6-4-3-5-7-17/h3-13H,14H2,1-2H3/b25-13+. The molecule has 0 bridgehead atoms. The van der Waals surface area contributed by atoms with Crippen molar-refractivity contribution in [1.29, 1.82) is 0 Å². The minimum Gasteiger partial charge on any atom is -0.438 e. The molecule has 0 spiro atoms. The van der Waals surface area contributed by atoms with Crippen LogP contribution in [-0.4, -0.2) is 21.0 Å². The van der Waals surface area contributed by atoms with E-state index in [1.807, 2.05) is 68.4 Å². The molecule has 0 saturated heterocycles. The number of benzene rings is 2. The Kier molecular flexibility index (Phi) is 6.11. The Bertz CT molecular complexity index is 1150. The lowest BCUT2D eigenvalue weighted by molar-refractivity contribution is 0.134. The molecular formula is C22H19ClN4O2S. The van der Waals surface area contributed by atoms with Crippen LogP contribution in [0.1, 0.15) is 21.7 Å². The van der Waals surface area contributed by atoms with E-state index in [2.05, 4.69) is 15.2 Å². The third kappa shape index (κ3) is 4.69. The van der Waals surface area contributed by atoms with Crippen LogP contribution in [-0.2, 0) is 11.4 Å². The van der Waals surface area contributed by atoms with Crippen molar-refractivity contribution in [2.75, 3.05) is 0 Å². The van der Waals surface area contributed by atoms with Gasteiger partial charge in [0.25, 0.3) is 0 Å². The molecule has 0 unspecified atom stereocenters. The third-order valence-electron chi connectivity index (χ3n) is 4.29. The summed E-state index contributed by atoms with van der Waals surface area (Å²) in [5.41, 5.74) is 3.56. The highest BCUT2D eigenvalue weighted by Gasteiger charge is 2.18. The first-order valence-electron chi connectivity index (χ1n) is 9.25. The lowest BCUT2D eigenvalue weighted by Crippen LogP contribution is -2.00. The summed E-state index contributed by atoms with van der Waals surface area (Å²) < 4.78 is 8.46. The maximum absolute atomic E-state index is 6.22. The van der Waals surface area contributed by atoms with Crippen LogP contribution < -0.4 is 4.74 Å². The second-order valence-electron chi connectivity index (χ2n) is 6.55. The van der Waals surface area contributed by atoms with Gasteiger partial charge in [-0.15, -0.1) is 11.3 Å². The Labute approximate surface area is 183 Å². The third-order valence-corrected chi connectivity index (χ3v) is 5.38. The summed E-state index contributed by atoms with van der Waals surface area (Å²) in [5.74, 6) is 1.28. The molecule has 0 amide bonds. The van der Waals surface area contributed by atoms with Gasteiger partial charge in [-0.1, -0.05) is 52.7 Å². The van der Waals surface area contributed by atoms with Crippen molar-refractivity contribution in [2.24, 2.45) is 5.16 Å². The Morgan fingerprint density at radius 1 is 1.10 bits per heavy atom. The van der Waals surface area contributed by atoms with E-state index >= 15 is 0 Å². The maximum atomic E-state index is 6.22. The SMILES string of the molecule is Cc1ccc(Oc2c(/C=N/OCc3cnc(Cl)s3)c(C)nn2-c2ccccc2)cc1. The molecule has 0 radical (unpaired) electrons. The van der Waals surface area contributed by atoms with E-state index in [1.54, 1.807) is 17.1 Å². The highest BCUT2D eigenvalue weighted by molar-refractivity contribution is 7.15. The number of hydrogen-bond donors (Lipinski definition) is 0. The van der Waals surface area contributed by atoms with Gasteiger partial charge in [0.1, 0.15) is 5.75 Å². The monoisotopic (exact) mass is 438 g/mol. The number of nitrogens with zero attached hydrogens (tertiary/aromatic N) is 4. The summed E-state index contributed by atoms with van der Waals surface area (Å²) >= 11 is 7.20. The Balaban J connectivity index is 1.63. The second-order valence-corrected chi connectivity index (χ2v) is 8.25. The smallest absolute Gasteiger partial charge is 0.231 e. The average molecular weight is 439 g/mol. The van der Waals surface area contributed by atoms with Crippen molar-refractivity contribution in [2.45, 2.75) is 20.5 Å². The van der Waals surface area contributed by atoms with Gasteiger partial charge in [0, 0.05) is 6.20 Å². The van der Waals surface area contributed by atoms with Gasteiger partial charge in [-0.25, -0.2) is 4.98 Å². The maximum Gasteiger partial charge on any atom is 0.231 e. The fourth-order valence-electron chi connectivity index (χ4n) is 2.77. The summed E-state index contributed by atoms with van der Waals surface area (Å²) in [6, 6.07) is 17.7. The van der Waals surface area contributed by atoms with Gasteiger partial charge in [0.2, 0.25) is 5.88 Å². The van der Waals surface area contributed by atoms with Crippen LogP contribution in [0.4, 0.5) is 0 Å². The number of rotatable bonds is 7. The van der Waals surface area contributed by atoms with Crippen LogP contribution in [0.3, 0.4) is 0 Å². The van der Waals surface area contributed by atoms with Gasteiger partial charge in [-0.3, -0.25) is 0 Å².